The average Bonchev–Trinajstić information content (AvgIpc) is 2.20. The molecule has 0 saturated carbocycles. The molecule has 0 saturated heterocycles. The second-order valence-electron chi connectivity index (χ2n) is 3.87. The molecule has 0 amide bonds. The Bertz CT molecular complexity index is 340. The zero-order valence-electron chi connectivity index (χ0n) is 10.6. The molecule has 0 unspecified atom stereocenters. The van der Waals surface area contributed by atoms with Crippen molar-refractivity contribution in [2.24, 2.45) is 0 Å². The van der Waals surface area contributed by atoms with E-state index in [9.17, 15) is 4.79 Å². The van der Waals surface area contributed by atoms with Crippen LogP contribution in [0.1, 0.15) is 64.6 Å². The summed E-state index contributed by atoms with van der Waals surface area (Å²) in [7, 11) is 0. The van der Waals surface area contributed by atoms with E-state index >= 15 is 0 Å². The van der Waals surface area contributed by atoms with E-state index in [1.165, 1.54) is 0 Å². The molecule has 0 fully saturated rings. The van der Waals surface area contributed by atoms with Crippen LogP contribution in [0.15, 0.2) is 11.0 Å². The van der Waals surface area contributed by atoms with Crippen LogP contribution in [0.3, 0.4) is 0 Å². The highest BCUT2D eigenvalue weighted by Gasteiger charge is 2.10. The van der Waals surface area contributed by atoms with Crippen molar-refractivity contribution in [2.45, 2.75) is 53.4 Å². The Morgan fingerprint density at radius 2 is 1.67 bits per heavy atom. The van der Waals surface area contributed by atoms with Crippen molar-refractivity contribution in [3.63, 3.8) is 0 Å². The lowest BCUT2D eigenvalue weighted by molar-refractivity contribution is 0.736. The van der Waals surface area contributed by atoms with Gasteiger partial charge in [-0.05, 0) is 17.4 Å². The van der Waals surface area contributed by atoms with Crippen LogP contribution in [0.5, 0.6) is 0 Å². The van der Waals surface area contributed by atoms with E-state index in [1.807, 2.05) is 13.8 Å². The van der Waals surface area contributed by atoms with Gasteiger partial charge in [0.2, 0.25) is 0 Å². The van der Waals surface area contributed by atoms with Gasteiger partial charge in [-0.15, -0.1) is 0 Å². The number of hydrogen-bond acceptors (Lipinski definition) is 2. The fourth-order valence-electron chi connectivity index (χ4n) is 1.36. The predicted octanol–water partition coefficient (Wildman–Crippen LogP) is 3.04. The summed E-state index contributed by atoms with van der Waals surface area (Å²) in [5.41, 5.74) is 1.89. The average molecular weight is 210 g/mol. The van der Waals surface area contributed by atoms with Gasteiger partial charge >= 0.3 is 5.69 Å². The van der Waals surface area contributed by atoms with E-state index in [4.69, 9.17) is 0 Å². The second-order valence-corrected chi connectivity index (χ2v) is 3.87. The molecule has 0 aliphatic carbocycles. The minimum atomic E-state index is -0.256. The van der Waals surface area contributed by atoms with Gasteiger partial charge in [-0.2, -0.15) is 0 Å². The fourth-order valence-corrected chi connectivity index (χ4v) is 1.36. The number of aromatic nitrogens is 2. The van der Waals surface area contributed by atoms with Crippen LogP contribution < -0.4 is 5.69 Å². The van der Waals surface area contributed by atoms with Gasteiger partial charge < -0.3 is 4.98 Å². The Hall–Kier alpha value is -1.12. The standard InChI is InChI=1S/C10H16N2O.C2H6/c1-6(2)8-5-11-10(13)12-9(8)7(3)4;1-2/h5-7H,1-4H3,(H,11,12,13);1-2H3. The maximum absolute atomic E-state index is 11.0. The Labute approximate surface area is 92.0 Å². The van der Waals surface area contributed by atoms with E-state index in [1.54, 1.807) is 6.20 Å². The molecule has 3 nitrogen and oxygen atoms in total. The molecular weight excluding hydrogens is 188 g/mol. The summed E-state index contributed by atoms with van der Waals surface area (Å²) >= 11 is 0. The summed E-state index contributed by atoms with van der Waals surface area (Å²) in [5, 5.41) is 0. The van der Waals surface area contributed by atoms with Crippen LogP contribution in [0.4, 0.5) is 0 Å². The Kier molecular flexibility index (Phi) is 5.90. The molecule has 1 rings (SSSR count). The van der Waals surface area contributed by atoms with E-state index in [0.29, 0.717) is 11.8 Å². The molecule has 0 radical (unpaired) electrons. The Morgan fingerprint density at radius 1 is 1.13 bits per heavy atom. The first-order valence-electron chi connectivity index (χ1n) is 5.61. The van der Waals surface area contributed by atoms with Crippen LogP contribution in [0.2, 0.25) is 0 Å². The normalized spacial score (nSPS) is 10.1. The molecule has 0 aliphatic rings. The summed E-state index contributed by atoms with van der Waals surface area (Å²) in [6.45, 7) is 12.3. The van der Waals surface area contributed by atoms with Crippen LogP contribution in [-0.4, -0.2) is 9.97 Å². The first-order chi connectivity index (χ1) is 7.02. The van der Waals surface area contributed by atoms with E-state index in [2.05, 4.69) is 37.7 Å². The lowest BCUT2D eigenvalue weighted by Gasteiger charge is -2.13. The van der Waals surface area contributed by atoms with Crippen LogP contribution >= 0.6 is 0 Å². The highest BCUT2D eigenvalue weighted by molar-refractivity contribution is 5.22. The van der Waals surface area contributed by atoms with Crippen LogP contribution in [-0.2, 0) is 0 Å². The summed E-state index contributed by atoms with van der Waals surface area (Å²) in [4.78, 5) is 17.5. The number of hydrogen-bond donors (Lipinski definition) is 1. The SMILES string of the molecule is CC.CC(C)c1cnc(=O)[nH]c1C(C)C. The van der Waals surface area contributed by atoms with Gasteiger partial charge in [0, 0.05) is 11.9 Å². The third kappa shape index (κ3) is 3.86. The number of nitrogens with one attached hydrogen (secondary N) is 1. The zero-order chi connectivity index (χ0) is 12.0. The molecule has 0 bridgehead atoms. The molecule has 0 aromatic carbocycles. The smallest absolute Gasteiger partial charge is 0.309 e. The van der Waals surface area contributed by atoms with Gasteiger partial charge in [-0.3, -0.25) is 0 Å². The molecule has 1 heterocycles. The number of aromatic amines is 1. The summed E-state index contributed by atoms with van der Waals surface area (Å²) in [6.07, 6.45) is 1.68. The van der Waals surface area contributed by atoms with Gasteiger partial charge in [0.15, 0.2) is 0 Å². The third-order valence-corrected chi connectivity index (χ3v) is 2.07. The Balaban J connectivity index is 0.000000921. The van der Waals surface area contributed by atoms with Crippen molar-refractivity contribution in [2.75, 3.05) is 0 Å². The minimum Gasteiger partial charge on any atom is -0.309 e. The largest absolute Gasteiger partial charge is 0.345 e. The second kappa shape index (κ2) is 6.38. The maximum Gasteiger partial charge on any atom is 0.345 e. The van der Waals surface area contributed by atoms with Crippen molar-refractivity contribution in [3.8, 4) is 0 Å². The predicted molar refractivity (Wildman–Crippen MR) is 64.4 cm³/mol. The molecule has 1 aromatic rings. The van der Waals surface area contributed by atoms with E-state index in [0.717, 1.165) is 11.3 Å². The van der Waals surface area contributed by atoms with Crippen LogP contribution in [0.25, 0.3) is 0 Å². The zero-order valence-corrected chi connectivity index (χ0v) is 10.6. The first-order valence-corrected chi connectivity index (χ1v) is 5.61. The van der Waals surface area contributed by atoms with Gasteiger partial charge in [0.1, 0.15) is 0 Å². The summed E-state index contributed by atoms with van der Waals surface area (Å²) in [6, 6.07) is 0. The number of H-pyrrole nitrogens is 1. The summed E-state index contributed by atoms with van der Waals surface area (Å²) < 4.78 is 0. The maximum atomic E-state index is 11.0. The van der Waals surface area contributed by atoms with E-state index < -0.39 is 0 Å². The van der Waals surface area contributed by atoms with Crippen molar-refractivity contribution >= 4 is 0 Å². The van der Waals surface area contributed by atoms with Crippen molar-refractivity contribution in [1.29, 1.82) is 0 Å². The molecule has 0 spiro atoms. The highest BCUT2D eigenvalue weighted by atomic mass is 16.1. The quantitative estimate of drug-likeness (QED) is 0.815. The molecular formula is C12H22N2O. The Morgan fingerprint density at radius 3 is 2.07 bits per heavy atom. The van der Waals surface area contributed by atoms with Gasteiger partial charge in [0.05, 0.1) is 0 Å². The third-order valence-electron chi connectivity index (χ3n) is 2.07. The summed E-state index contributed by atoms with van der Waals surface area (Å²) in [5.74, 6) is 0.745. The molecule has 1 aromatic heterocycles. The lowest BCUT2D eigenvalue weighted by Crippen LogP contribution is -2.16. The first kappa shape index (κ1) is 13.9. The van der Waals surface area contributed by atoms with Crippen molar-refractivity contribution in [1.82, 2.24) is 9.97 Å². The monoisotopic (exact) mass is 210 g/mol. The molecule has 0 atom stereocenters. The van der Waals surface area contributed by atoms with Gasteiger partial charge in [-0.25, -0.2) is 9.78 Å². The van der Waals surface area contributed by atoms with E-state index in [-0.39, 0.29) is 5.69 Å². The minimum absolute atomic E-state index is 0.256. The topological polar surface area (TPSA) is 45.8 Å². The van der Waals surface area contributed by atoms with Crippen LogP contribution in [0, 0.1) is 0 Å². The molecule has 0 aliphatic heterocycles. The van der Waals surface area contributed by atoms with Gasteiger partial charge in [0.25, 0.3) is 0 Å². The van der Waals surface area contributed by atoms with Crippen molar-refractivity contribution < 1.29 is 0 Å². The molecule has 86 valence electrons. The molecule has 1 N–H and O–H groups in total. The highest BCUT2D eigenvalue weighted by Crippen LogP contribution is 2.21. The lowest BCUT2D eigenvalue weighted by atomic mass is 9.97. The number of rotatable bonds is 2. The number of nitrogens with zero attached hydrogens (tertiary/aromatic N) is 1. The molecule has 15 heavy (non-hydrogen) atoms. The van der Waals surface area contributed by atoms with Gasteiger partial charge in [-0.1, -0.05) is 41.5 Å². The molecule has 3 heteroatoms. The fraction of sp³-hybridized carbons (Fsp3) is 0.667. The van der Waals surface area contributed by atoms with Crippen molar-refractivity contribution in [3.05, 3.63) is 27.9 Å².